The number of nitrogens with one attached hydrogen (secondary N) is 2. The van der Waals surface area contributed by atoms with Gasteiger partial charge in [-0.15, -0.1) is 12.4 Å². The molecule has 0 saturated carbocycles. The first-order valence-corrected chi connectivity index (χ1v) is 9.93. The number of hydrogen-bond acceptors (Lipinski definition) is 5. The van der Waals surface area contributed by atoms with Crippen LogP contribution in [0, 0.1) is 0 Å². The average molecular weight is 434 g/mol. The van der Waals surface area contributed by atoms with E-state index in [0.29, 0.717) is 42.3 Å². The molecule has 0 radical (unpaired) electrons. The fourth-order valence-corrected chi connectivity index (χ4v) is 3.11. The van der Waals surface area contributed by atoms with E-state index in [4.69, 9.17) is 15.2 Å². The average Bonchev–Trinajstić information content (AvgIpc) is 3.20. The Morgan fingerprint density at radius 3 is 2.57 bits per heavy atom. The number of carbonyl (C=O) groups is 2. The zero-order valence-corrected chi connectivity index (χ0v) is 17.6. The number of amides is 2. The number of unbranched alkanes of at least 4 members (excludes halogenated alkanes) is 3. The third-order valence-electron chi connectivity index (χ3n) is 4.69. The maximum atomic E-state index is 12.7. The van der Waals surface area contributed by atoms with Crippen molar-refractivity contribution in [1.82, 2.24) is 5.32 Å². The lowest BCUT2D eigenvalue weighted by Gasteiger charge is -2.12. The van der Waals surface area contributed by atoms with E-state index in [1.807, 2.05) is 18.2 Å². The molecule has 4 N–H and O–H groups in total. The molecule has 30 heavy (non-hydrogen) atoms. The third-order valence-corrected chi connectivity index (χ3v) is 4.69. The van der Waals surface area contributed by atoms with E-state index in [9.17, 15) is 9.59 Å². The summed E-state index contributed by atoms with van der Waals surface area (Å²) >= 11 is 0. The number of anilines is 1. The van der Waals surface area contributed by atoms with Gasteiger partial charge in [-0.3, -0.25) is 9.59 Å². The second-order valence-corrected chi connectivity index (χ2v) is 6.92. The number of para-hydroxylation sites is 1. The Bertz CT molecular complexity index is 860. The summed E-state index contributed by atoms with van der Waals surface area (Å²) < 4.78 is 10.7. The van der Waals surface area contributed by atoms with E-state index in [-0.39, 0.29) is 31.0 Å². The van der Waals surface area contributed by atoms with Crippen molar-refractivity contribution >= 4 is 29.9 Å². The standard InChI is InChI=1S/C22H27N3O4.ClH/c23-12-6-2-1-3-9-21(26)25-18-8-5-4-7-17(18)22(27)24-14-16-10-11-19-20(13-16)29-15-28-19;/h4-5,7-8,10-11,13H,1-3,6,9,12,14-15,23H2,(H,24,27)(H,25,26);1H. The summed E-state index contributed by atoms with van der Waals surface area (Å²) in [5.74, 6) is 1.04. The fraction of sp³-hybridized carbons (Fsp3) is 0.364. The number of halogens is 1. The van der Waals surface area contributed by atoms with Gasteiger partial charge in [0.25, 0.3) is 5.91 Å². The van der Waals surface area contributed by atoms with Crippen LogP contribution in [0.5, 0.6) is 11.5 Å². The van der Waals surface area contributed by atoms with Crippen LogP contribution in [-0.4, -0.2) is 25.2 Å². The van der Waals surface area contributed by atoms with E-state index in [1.54, 1.807) is 24.3 Å². The van der Waals surface area contributed by atoms with E-state index < -0.39 is 0 Å². The first kappa shape index (κ1) is 23.5. The van der Waals surface area contributed by atoms with Crippen LogP contribution < -0.4 is 25.8 Å². The number of fused-ring (bicyclic) bond motifs is 1. The lowest BCUT2D eigenvalue weighted by Crippen LogP contribution is -2.24. The van der Waals surface area contributed by atoms with Crippen LogP contribution in [-0.2, 0) is 11.3 Å². The molecule has 0 fully saturated rings. The topological polar surface area (TPSA) is 103 Å². The number of rotatable bonds is 10. The summed E-state index contributed by atoms with van der Waals surface area (Å²) in [6.07, 6.45) is 4.22. The van der Waals surface area contributed by atoms with Gasteiger partial charge in [0.15, 0.2) is 11.5 Å². The molecule has 0 aliphatic carbocycles. The summed E-state index contributed by atoms with van der Waals surface area (Å²) in [7, 11) is 0. The maximum absolute atomic E-state index is 12.7. The normalized spacial score (nSPS) is 11.5. The Kier molecular flexibility index (Phi) is 9.44. The van der Waals surface area contributed by atoms with Crippen molar-refractivity contribution in [1.29, 1.82) is 0 Å². The number of benzene rings is 2. The van der Waals surface area contributed by atoms with Gasteiger partial charge >= 0.3 is 0 Å². The lowest BCUT2D eigenvalue weighted by molar-refractivity contribution is -0.116. The van der Waals surface area contributed by atoms with Gasteiger partial charge in [0, 0.05) is 13.0 Å². The molecular weight excluding hydrogens is 406 g/mol. The molecule has 0 atom stereocenters. The second-order valence-electron chi connectivity index (χ2n) is 6.92. The predicted molar refractivity (Wildman–Crippen MR) is 118 cm³/mol. The van der Waals surface area contributed by atoms with Gasteiger partial charge in [-0.05, 0) is 49.2 Å². The lowest BCUT2D eigenvalue weighted by atomic mass is 10.1. The first-order chi connectivity index (χ1) is 14.2. The summed E-state index contributed by atoms with van der Waals surface area (Å²) in [5.41, 5.74) is 7.33. The van der Waals surface area contributed by atoms with Crippen molar-refractivity contribution in [2.24, 2.45) is 5.73 Å². The van der Waals surface area contributed by atoms with E-state index in [1.165, 1.54) is 0 Å². The van der Waals surface area contributed by atoms with Crippen LogP contribution in [0.3, 0.4) is 0 Å². The fourth-order valence-electron chi connectivity index (χ4n) is 3.11. The molecule has 7 nitrogen and oxygen atoms in total. The molecule has 2 aromatic rings. The van der Waals surface area contributed by atoms with Gasteiger partial charge in [0.05, 0.1) is 11.3 Å². The minimum Gasteiger partial charge on any atom is -0.454 e. The third kappa shape index (κ3) is 6.64. The Hall–Kier alpha value is -2.77. The predicted octanol–water partition coefficient (Wildman–Crippen LogP) is 3.61. The molecule has 2 amide bonds. The van der Waals surface area contributed by atoms with Crippen molar-refractivity contribution in [2.45, 2.75) is 38.6 Å². The molecule has 1 heterocycles. The SMILES string of the molecule is Cl.NCCCCCCC(=O)Nc1ccccc1C(=O)NCc1ccc2c(c1)OCO2. The number of hydrogen-bond donors (Lipinski definition) is 3. The van der Waals surface area contributed by atoms with Crippen molar-refractivity contribution in [3.63, 3.8) is 0 Å². The summed E-state index contributed by atoms with van der Waals surface area (Å²) in [4.78, 5) is 24.9. The van der Waals surface area contributed by atoms with Crippen molar-refractivity contribution in [3.05, 3.63) is 53.6 Å². The minimum atomic E-state index is -0.249. The van der Waals surface area contributed by atoms with E-state index >= 15 is 0 Å². The number of ether oxygens (including phenoxy) is 2. The molecule has 0 spiro atoms. The van der Waals surface area contributed by atoms with Crippen LogP contribution in [0.1, 0.15) is 48.0 Å². The van der Waals surface area contributed by atoms with Gasteiger partial charge < -0.3 is 25.8 Å². The van der Waals surface area contributed by atoms with Gasteiger partial charge in [-0.1, -0.05) is 31.0 Å². The van der Waals surface area contributed by atoms with Crippen LogP contribution >= 0.6 is 12.4 Å². The largest absolute Gasteiger partial charge is 0.454 e. The number of nitrogens with two attached hydrogens (primary N) is 1. The van der Waals surface area contributed by atoms with Crippen LogP contribution in [0.15, 0.2) is 42.5 Å². The van der Waals surface area contributed by atoms with Crippen molar-refractivity contribution in [2.75, 3.05) is 18.7 Å². The molecule has 0 saturated heterocycles. The summed E-state index contributed by atoms with van der Waals surface area (Å²) in [5, 5.41) is 5.74. The molecular formula is C22H28ClN3O4. The quantitative estimate of drug-likeness (QED) is 0.496. The maximum Gasteiger partial charge on any atom is 0.253 e. The van der Waals surface area contributed by atoms with E-state index in [0.717, 1.165) is 31.2 Å². The molecule has 162 valence electrons. The molecule has 0 unspecified atom stereocenters. The first-order valence-electron chi connectivity index (χ1n) is 9.93. The molecule has 1 aliphatic heterocycles. The Labute approximate surface area is 182 Å². The highest BCUT2D eigenvalue weighted by Crippen LogP contribution is 2.32. The highest BCUT2D eigenvalue weighted by atomic mass is 35.5. The van der Waals surface area contributed by atoms with E-state index in [2.05, 4.69) is 10.6 Å². The molecule has 0 bridgehead atoms. The Morgan fingerprint density at radius 2 is 1.73 bits per heavy atom. The minimum absolute atomic E-state index is 0. The summed E-state index contributed by atoms with van der Waals surface area (Å²) in [6, 6.07) is 12.6. The van der Waals surface area contributed by atoms with Crippen LogP contribution in [0.25, 0.3) is 0 Å². The smallest absolute Gasteiger partial charge is 0.253 e. The highest BCUT2D eigenvalue weighted by Gasteiger charge is 2.15. The van der Waals surface area contributed by atoms with Gasteiger partial charge in [0.1, 0.15) is 0 Å². The zero-order chi connectivity index (χ0) is 20.5. The van der Waals surface area contributed by atoms with Gasteiger partial charge in [0.2, 0.25) is 12.7 Å². The summed E-state index contributed by atoms with van der Waals surface area (Å²) in [6.45, 7) is 1.24. The Morgan fingerprint density at radius 1 is 0.967 bits per heavy atom. The van der Waals surface area contributed by atoms with Gasteiger partial charge in [-0.2, -0.15) is 0 Å². The molecule has 3 rings (SSSR count). The molecule has 0 aromatic heterocycles. The van der Waals surface area contributed by atoms with Crippen molar-refractivity contribution < 1.29 is 19.1 Å². The number of carbonyl (C=O) groups excluding carboxylic acids is 2. The van der Waals surface area contributed by atoms with Gasteiger partial charge in [-0.25, -0.2) is 0 Å². The molecule has 8 heteroatoms. The molecule has 2 aromatic carbocycles. The van der Waals surface area contributed by atoms with Crippen LogP contribution in [0.4, 0.5) is 5.69 Å². The van der Waals surface area contributed by atoms with Crippen LogP contribution in [0.2, 0.25) is 0 Å². The Balaban J connectivity index is 0.00000320. The zero-order valence-electron chi connectivity index (χ0n) is 16.8. The van der Waals surface area contributed by atoms with Crippen molar-refractivity contribution in [3.8, 4) is 11.5 Å². The monoisotopic (exact) mass is 433 g/mol. The highest BCUT2D eigenvalue weighted by molar-refractivity contribution is 6.03. The molecule has 1 aliphatic rings. The second kappa shape index (κ2) is 12.0.